The highest BCUT2D eigenvalue weighted by Gasteiger charge is 2.30. The van der Waals surface area contributed by atoms with Gasteiger partial charge in [0.2, 0.25) is 0 Å². The van der Waals surface area contributed by atoms with E-state index in [4.69, 9.17) is 0 Å². The number of rotatable bonds is 2. The smallest absolute Gasteiger partial charge is 0.0196 e. The lowest BCUT2D eigenvalue weighted by atomic mass is 10.0. The third-order valence-electron chi connectivity index (χ3n) is 3.99. The summed E-state index contributed by atoms with van der Waals surface area (Å²) >= 11 is 0. The third-order valence-corrected chi connectivity index (χ3v) is 3.99. The molecule has 0 aromatic heterocycles. The second kappa shape index (κ2) is 4.63. The van der Waals surface area contributed by atoms with Crippen LogP contribution in [0.1, 0.15) is 46.0 Å². The number of hydrogen-bond acceptors (Lipinski definition) is 2. The lowest BCUT2D eigenvalue weighted by Gasteiger charge is -2.42. The predicted molar refractivity (Wildman–Crippen MR) is 60.5 cm³/mol. The van der Waals surface area contributed by atoms with Crippen molar-refractivity contribution in [1.29, 1.82) is 0 Å². The van der Waals surface area contributed by atoms with Crippen molar-refractivity contribution in [2.24, 2.45) is 0 Å². The highest BCUT2D eigenvalue weighted by atomic mass is 15.3. The van der Waals surface area contributed by atoms with Gasteiger partial charge in [-0.15, -0.1) is 0 Å². The summed E-state index contributed by atoms with van der Waals surface area (Å²) < 4.78 is 0. The van der Waals surface area contributed by atoms with Crippen molar-refractivity contribution in [1.82, 2.24) is 10.2 Å². The lowest BCUT2D eigenvalue weighted by Crippen LogP contribution is -2.57. The Morgan fingerprint density at radius 2 is 2.00 bits per heavy atom. The molecule has 2 heteroatoms. The normalized spacial score (nSPS) is 36.4. The minimum Gasteiger partial charge on any atom is -0.311 e. The van der Waals surface area contributed by atoms with E-state index in [0.29, 0.717) is 0 Å². The Hall–Kier alpha value is -0.0800. The van der Waals surface area contributed by atoms with Crippen molar-refractivity contribution in [2.75, 3.05) is 13.1 Å². The van der Waals surface area contributed by atoms with E-state index >= 15 is 0 Å². The first-order valence-electron chi connectivity index (χ1n) is 6.30. The highest BCUT2D eigenvalue weighted by Crippen LogP contribution is 2.26. The van der Waals surface area contributed by atoms with Crippen LogP contribution >= 0.6 is 0 Å². The molecule has 1 N–H and O–H groups in total. The molecule has 1 aliphatic carbocycles. The van der Waals surface area contributed by atoms with E-state index in [1.54, 1.807) is 0 Å². The quantitative estimate of drug-likeness (QED) is 0.726. The Labute approximate surface area is 88.1 Å². The number of nitrogens with one attached hydrogen (secondary N) is 1. The fraction of sp³-hybridized carbons (Fsp3) is 1.00. The molecule has 0 bridgehead atoms. The van der Waals surface area contributed by atoms with Crippen LogP contribution in [0, 0.1) is 0 Å². The number of hydrogen-bond donors (Lipinski definition) is 1. The zero-order valence-electron chi connectivity index (χ0n) is 9.63. The van der Waals surface area contributed by atoms with Gasteiger partial charge < -0.3 is 5.32 Å². The van der Waals surface area contributed by atoms with Crippen molar-refractivity contribution < 1.29 is 0 Å². The molecular weight excluding hydrogens is 172 g/mol. The fourth-order valence-corrected chi connectivity index (χ4v) is 2.97. The van der Waals surface area contributed by atoms with Gasteiger partial charge in [-0.1, -0.05) is 19.8 Å². The molecular formula is C12H24N2. The van der Waals surface area contributed by atoms with Gasteiger partial charge >= 0.3 is 0 Å². The Balaban J connectivity index is 1.93. The van der Waals surface area contributed by atoms with E-state index in [-0.39, 0.29) is 0 Å². The topological polar surface area (TPSA) is 15.3 Å². The predicted octanol–water partition coefficient (Wildman–Crippen LogP) is 2.00. The first-order chi connectivity index (χ1) is 6.81. The van der Waals surface area contributed by atoms with Crippen LogP contribution in [0.25, 0.3) is 0 Å². The monoisotopic (exact) mass is 196 g/mol. The van der Waals surface area contributed by atoms with Gasteiger partial charge in [0.1, 0.15) is 0 Å². The molecule has 0 radical (unpaired) electrons. The van der Waals surface area contributed by atoms with E-state index in [2.05, 4.69) is 24.1 Å². The molecule has 1 heterocycles. The summed E-state index contributed by atoms with van der Waals surface area (Å²) in [5, 5.41) is 3.63. The van der Waals surface area contributed by atoms with Gasteiger partial charge in [-0.3, -0.25) is 4.90 Å². The molecule has 2 nitrogen and oxygen atoms in total. The van der Waals surface area contributed by atoms with Crippen LogP contribution in [0.3, 0.4) is 0 Å². The van der Waals surface area contributed by atoms with Crippen LogP contribution < -0.4 is 5.32 Å². The Morgan fingerprint density at radius 1 is 1.29 bits per heavy atom. The molecule has 2 unspecified atom stereocenters. The Morgan fingerprint density at radius 3 is 2.64 bits per heavy atom. The van der Waals surface area contributed by atoms with Crippen LogP contribution in [-0.4, -0.2) is 36.1 Å². The number of piperazine rings is 1. The summed E-state index contributed by atoms with van der Waals surface area (Å²) in [6.07, 6.45) is 7.08. The molecule has 0 aromatic carbocycles. The Kier molecular flexibility index (Phi) is 3.45. The maximum atomic E-state index is 3.63. The summed E-state index contributed by atoms with van der Waals surface area (Å²) in [5.74, 6) is 0. The molecule has 1 saturated carbocycles. The van der Waals surface area contributed by atoms with Crippen molar-refractivity contribution >= 4 is 0 Å². The molecule has 2 aliphatic rings. The van der Waals surface area contributed by atoms with Gasteiger partial charge in [-0.05, 0) is 26.2 Å². The van der Waals surface area contributed by atoms with Crippen LogP contribution in [0.15, 0.2) is 0 Å². The summed E-state index contributed by atoms with van der Waals surface area (Å²) in [6.45, 7) is 7.13. The minimum absolute atomic E-state index is 0.742. The largest absolute Gasteiger partial charge is 0.311 e. The first kappa shape index (κ1) is 10.4. The second-order valence-corrected chi connectivity index (χ2v) is 5.00. The molecule has 14 heavy (non-hydrogen) atoms. The molecule has 82 valence electrons. The summed E-state index contributed by atoms with van der Waals surface area (Å²) in [4.78, 5) is 2.76. The fourth-order valence-electron chi connectivity index (χ4n) is 2.97. The van der Waals surface area contributed by atoms with Crippen LogP contribution in [-0.2, 0) is 0 Å². The molecule has 2 atom stereocenters. The van der Waals surface area contributed by atoms with E-state index in [1.165, 1.54) is 45.2 Å². The molecule has 2 fully saturated rings. The zero-order chi connectivity index (χ0) is 9.97. The zero-order valence-corrected chi connectivity index (χ0v) is 9.63. The third kappa shape index (κ3) is 2.12. The standard InChI is InChI=1S/C12H24N2/c1-3-11-9-14(10(2)8-13-11)12-6-4-5-7-12/h10-13H,3-9H2,1-2H3. The average molecular weight is 196 g/mol. The van der Waals surface area contributed by atoms with E-state index in [9.17, 15) is 0 Å². The van der Waals surface area contributed by atoms with E-state index in [1.807, 2.05) is 0 Å². The average Bonchev–Trinajstić information content (AvgIpc) is 2.71. The summed E-state index contributed by atoms with van der Waals surface area (Å²) in [7, 11) is 0. The summed E-state index contributed by atoms with van der Waals surface area (Å²) in [6, 6.07) is 2.40. The van der Waals surface area contributed by atoms with Crippen molar-refractivity contribution in [3.05, 3.63) is 0 Å². The van der Waals surface area contributed by atoms with Crippen molar-refractivity contribution in [2.45, 2.75) is 64.1 Å². The second-order valence-electron chi connectivity index (χ2n) is 5.00. The van der Waals surface area contributed by atoms with Gasteiger partial charge in [-0.2, -0.15) is 0 Å². The SMILES string of the molecule is CCC1CN(C2CCCC2)C(C)CN1. The molecule has 1 aliphatic heterocycles. The highest BCUT2D eigenvalue weighted by molar-refractivity contribution is 4.89. The van der Waals surface area contributed by atoms with Crippen molar-refractivity contribution in [3.63, 3.8) is 0 Å². The maximum Gasteiger partial charge on any atom is 0.0196 e. The van der Waals surface area contributed by atoms with Crippen molar-refractivity contribution in [3.8, 4) is 0 Å². The molecule has 1 saturated heterocycles. The van der Waals surface area contributed by atoms with Crippen LogP contribution in [0.2, 0.25) is 0 Å². The van der Waals surface area contributed by atoms with E-state index < -0.39 is 0 Å². The molecule has 0 amide bonds. The molecule has 0 aromatic rings. The number of nitrogens with zero attached hydrogens (tertiary/aromatic N) is 1. The molecule has 2 rings (SSSR count). The lowest BCUT2D eigenvalue weighted by molar-refractivity contribution is 0.0920. The molecule has 0 spiro atoms. The van der Waals surface area contributed by atoms with Crippen LogP contribution in [0.4, 0.5) is 0 Å². The minimum atomic E-state index is 0.742. The van der Waals surface area contributed by atoms with Gasteiger partial charge in [0.25, 0.3) is 0 Å². The van der Waals surface area contributed by atoms with Gasteiger partial charge in [0.15, 0.2) is 0 Å². The van der Waals surface area contributed by atoms with E-state index in [0.717, 1.165) is 18.1 Å². The van der Waals surface area contributed by atoms with Crippen LogP contribution in [0.5, 0.6) is 0 Å². The first-order valence-corrected chi connectivity index (χ1v) is 6.30. The van der Waals surface area contributed by atoms with Gasteiger partial charge in [0, 0.05) is 31.2 Å². The van der Waals surface area contributed by atoms with Gasteiger partial charge in [-0.25, -0.2) is 0 Å². The Bertz CT molecular complexity index is 175. The maximum absolute atomic E-state index is 3.63. The van der Waals surface area contributed by atoms with Gasteiger partial charge in [0.05, 0.1) is 0 Å². The summed E-state index contributed by atoms with van der Waals surface area (Å²) in [5.41, 5.74) is 0.